The van der Waals surface area contributed by atoms with Crippen LogP contribution in [-0.4, -0.2) is 28.8 Å². The van der Waals surface area contributed by atoms with E-state index in [1.54, 1.807) is 12.1 Å². The van der Waals surface area contributed by atoms with Crippen molar-refractivity contribution in [2.45, 2.75) is 38.5 Å². The van der Waals surface area contributed by atoms with Gasteiger partial charge < -0.3 is 4.90 Å². The zero-order chi connectivity index (χ0) is 15.5. The molecule has 0 N–H and O–H groups in total. The monoisotopic (exact) mass is 302 g/mol. The molecule has 1 aliphatic heterocycles. The maximum atomic E-state index is 12.5. The highest BCUT2D eigenvalue weighted by Crippen LogP contribution is 2.36. The number of hydrogen-bond acceptors (Lipinski definition) is 3. The van der Waals surface area contributed by atoms with Crippen molar-refractivity contribution in [3.8, 4) is 0 Å². The van der Waals surface area contributed by atoms with Gasteiger partial charge in [0.25, 0.3) is 5.69 Å². The Morgan fingerprint density at radius 1 is 1.14 bits per heavy atom. The molecule has 3 rings (SSSR count). The van der Waals surface area contributed by atoms with Gasteiger partial charge in [0, 0.05) is 25.2 Å². The summed E-state index contributed by atoms with van der Waals surface area (Å²) < 4.78 is 0. The zero-order valence-corrected chi connectivity index (χ0v) is 12.7. The Balaban J connectivity index is 1.58. The Bertz CT molecular complexity index is 556. The Morgan fingerprint density at radius 3 is 2.50 bits per heavy atom. The smallest absolute Gasteiger partial charge is 0.269 e. The molecule has 0 radical (unpaired) electrons. The number of likely N-dealkylation sites (tertiary alicyclic amines) is 1. The average Bonchev–Trinajstić information content (AvgIpc) is 2.55. The van der Waals surface area contributed by atoms with Gasteiger partial charge in [0.1, 0.15) is 0 Å². The summed E-state index contributed by atoms with van der Waals surface area (Å²) in [7, 11) is 0. The van der Waals surface area contributed by atoms with E-state index in [-0.39, 0.29) is 11.6 Å². The van der Waals surface area contributed by atoms with Crippen LogP contribution in [0, 0.1) is 22.0 Å². The van der Waals surface area contributed by atoms with Crippen molar-refractivity contribution in [2.75, 3.05) is 13.1 Å². The molecule has 5 nitrogen and oxygen atoms in total. The quantitative estimate of drug-likeness (QED) is 0.636. The summed E-state index contributed by atoms with van der Waals surface area (Å²) in [6, 6.07) is 6.30. The normalized spacial score (nSPS) is 24.6. The molecule has 1 saturated carbocycles. The molecule has 0 aromatic heterocycles. The minimum Gasteiger partial charge on any atom is -0.342 e. The van der Waals surface area contributed by atoms with Crippen LogP contribution in [0.2, 0.25) is 0 Å². The molecule has 1 aromatic carbocycles. The van der Waals surface area contributed by atoms with Gasteiger partial charge >= 0.3 is 0 Å². The number of nitrogens with zero attached hydrogens (tertiary/aromatic N) is 2. The zero-order valence-electron chi connectivity index (χ0n) is 12.7. The lowest BCUT2D eigenvalue weighted by atomic mass is 9.75. The minimum absolute atomic E-state index is 0.0687. The summed E-state index contributed by atoms with van der Waals surface area (Å²) >= 11 is 0. The molecule has 1 heterocycles. The second kappa shape index (κ2) is 6.46. The first-order valence-electron chi connectivity index (χ1n) is 8.14. The minimum atomic E-state index is -0.417. The fourth-order valence-corrected chi connectivity index (χ4v) is 3.85. The molecule has 118 valence electrons. The van der Waals surface area contributed by atoms with Crippen LogP contribution in [0.25, 0.3) is 0 Å². The highest BCUT2D eigenvalue weighted by atomic mass is 16.6. The first-order chi connectivity index (χ1) is 10.6. The van der Waals surface area contributed by atoms with E-state index in [1.165, 1.54) is 37.8 Å². The van der Waals surface area contributed by atoms with Gasteiger partial charge in [-0.25, -0.2) is 0 Å². The van der Waals surface area contributed by atoms with Crippen molar-refractivity contribution in [2.24, 2.45) is 11.8 Å². The van der Waals surface area contributed by atoms with Gasteiger partial charge in [-0.05, 0) is 30.2 Å². The second-order valence-corrected chi connectivity index (χ2v) is 6.53. The van der Waals surface area contributed by atoms with Crippen LogP contribution in [-0.2, 0) is 11.2 Å². The van der Waals surface area contributed by atoms with Crippen molar-refractivity contribution in [1.29, 1.82) is 0 Å². The average molecular weight is 302 g/mol. The SMILES string of the molecule is O=C(Cc1ccc([N+](=O)[O-])cc1)N1CC[C@@H]2CCCC[C@H]2C1. The molecule has 2 aliphatic rings. The summed E-state index contributed by atoms with van der Waals surface area (Å²) in [6.45, 7) is 1.77. The lowest BCUT2D eigenvalue weighted by Crippen LogP contribution is -2.45. The summed E-state index contributed by atoms with van der Waals surface area (Å²) in [5, 5.41) is 10.6. The van der Waals surface area contributed by atoms with E-state index in [1.807, 2.05) is 4.90 Å². The third kappa shape index (κ3) is 3.29. The van der Waals surface area contributed by atoms with Crippen molar-refractivity contribution in [3.05, 3.63) is 39.9 Å². The molecular weight excluding hydrogens is 280 g/mol. The number of nitro benzene ring substituents is 1. The van der Waals surface area contributed by atoms with Gasteiger partial charge in [-0.15, -0.1) is 0 Å². The third-order valence-electron chi connectivity index (χ3n) is 5.15. The van der Waals surface area contributed by atoms with Gasteiger partial charge in [0.15, 0.2) is 0 Å². The molecule has 0 unspecified atom stereocenters. The fraction of sp³-hybridized carbons (Fsp3) is 0.588. The van der Waals surface area contributed by atoms with E-state index in [9.17, 15) is 14.9 Å². The summed E-state index contributed by atoms with van der Waals surface area (Å²) in [6.07, 6.45) is 6.70. The summed E-state index contributed by atoms with van der Waals surface area (Å²) in [5.74, 6) is 1.65. The van der Waals surface area contributed by atoms with E-state index in [4.69, 9.17) is 0 Å². The number of carbonyl (C=O) groups excluding carboxylic acids is 1. The van der Waals surface area contributed by atoms with Crippen LogP contribution in [0.1, 0.15) is 37.7 Å². The van der Waals surface area contributed by atoms with Gasteiger partial charge in [-0.3, -0.25) is 14.9 Å². The summed E-state index contributed by atoms with van der Waals surface area (Å²) in [5.41, 5.74) is 0.917. The van der Waals surface area contributed by atoms with Crippen molar-refractivity contribution >= 4 is 11.6 Å². The van der Waals surface area contributed by atoms with Crippen LogP contribution >= 0.6 is 0 Å². The molecule has 2 atom stereocenters. The molecule has 22 heavy (non-hydrogen) atoms. The first-order valence-corrected chi connectivity index (χ1v) is 8.14. The van der Waals surface area contributed by atoms with E-state index >= 15 is 0 Å². The lowest BCUT2D eigenvalue weighted by molar-refractivity contribution is -0.384. The number of nitro groups is 1. The Hall–Kier alpha value is -1.91. The Morgan fingerprint density at radius 2 is 1.82 bits per heavy atom. The van der Waals surface area contributed by atoms with Crippen LogP contribution in [0.15, 0.2) is 24.3 Å². The first kappa shape index (κ1) is 15.0. The standard InChI is InChI=1S/C17H22N2O3/c20-17(11-13-5-7-16(8-6-13)19(21)22)18-10-9-14-3-1-2-4-15(14)12-18/h5-8,14-15H,1-4,9-12H2/t14-,15-/m0/s1. The molecule has 0 bridgehead atoms. The second-order valence-electron chi connectivity index (χ2n) is 6.53. The number of amides is 1. The lowest BCUT2D eigenvalue weighted by Gasteiger charge is -2.41. The van der Waals surface area contributed by atoms with Gasteiger partial charge in [0.05, 0.1) is 11.3 Å². The largest absolute Gasteiger partial charge is 0.342 e. The van der Waals surface area contributed by atoms with E-state index in [2.05, 4.69) is 0 Å². The van der Waals surface area contributed by atoms with E-state index < -0.39 is 4.92 Å². The number of carbonyl (C=O) groups is 1. The number of non-ortho nitro benzene ring substituents is 1. The highest BCUT2D eigenvalue weighted by molar-refractivity contribution is 5.79. The molecule has 5 heteroatoms. The number of rotatable bonds is 3. The third-order valence-corrected chi connectivity index (χ3v) is 5.15. The van der Waals surface area contributed by atoms with E-state index in [0.29, 0.717) is 12.3 Å². The van der Waals surface area contributed by atoms with Crippen LogP contribution < -0.4 is 0 Å². The Kier molecular flexibility index (Phi) is 4.41. The van der Waals surface area contributed by atoms with Crippen molar-refractivity contribution in [3.63, 3.8) is 0 Å². The number of benzene rings is 1. The topological polar surface area (TPSA) is 63.4 Å². The number of piperidine rings is 1. The predicted octanol–water partition coefficient (Wildman–Crippen LogP) is 3.18. The maximum Gasteiger partial charge on any atom is 0.269 e. The van der Waals surface area contributed by atoms with Crippen molar-refractivity contribution < 1.29 is 9.72 Å². The van der Waals surface area contributed by atoms with E-state index in [0.717, 1.165) is 31.0 Å². The predicted molar refractivity (Wildman–Crippen MR) is 83.4 cm³/mol. The molecule has 1 aliphatic carbocycles. The molecular formula is C17H22N2O3. The van der Waals surface area contributed by atoms with Gasteiger partial charge in [-0.2, -0.15) is 0 Å². The Labute approximate surface area is 130 Å². The van der Waals surface area contributed by atoms with Crippen molar-refractivity contribution in [1.82, 2.24) is 4.90 Å². The fourth-order valence-electron chi connectivity index (χ4n) is 3.85. The highest BCUT2D eigenvalue weighted by Gasteiger charge is 2.32. The molecule has 1 amide bonds. The number of hydrogen-bond donors (Lipinski definition) is 0. The number of fused-ring (bicyclic) bond motifs is 1. The molecule has 0 spiro atoms. The van der Waals surface area contributed by atoms with Crippen LogP contribution in [0.4, 0.5) is 5.69 Å². The van der Waals surface area contributed by atoms with Gasteiger partial charge in [-0.1, -0.05) is 31.4 Å². The molecule has 1 aromatic rings. The van der Waals surface area contributed by atoms with Gasteiger partial charge in [0.2, 0.25) is 5.91 Å². The molecule has 1 saturated heterocycles. The van der Waals surface area contributed by atoms with Crippen LogP contribution in [0.5, 0.6) is 0 Å². The maximum absolute atomic E-state index is 12.5. The molecule has 2 fully saturated rings. The summed E-state index contributed by atoms with van der Waals surface area (Å²) in [4.78, 5) is 24.7. The van der Waals surface area contributed by atoms with Crippen LogP contribution in [0.3, 0.4) is 0 Å².